The molecule has 0 aliphatic carbocycles. The van der Waals surface area contributed by atoms with E-state index in [-0.39, 0.29) is 24.0 Å². The van der Waals surface area contributed by atoms with Gasteiger partial charge in [0.2, 0.25) is 0 Å². The molecule has 0 radical (unpaired) electrons. The van der Waals surface area contributed by atoms with Crippen molar-refractivity contribution in [3.63, 3.8) is 0 Å². The lowest BCUT2D eigenvalue weighted by Crippen LogP contribution is -2.47. The number of aryl methyl sites for hydroxylation is 2. The molecule has 156 valence electrons. The number of aromatic nitrogens is 3. The monoisotopic (exact) mass is 507 g/mol. The molecule has 3 heterocycles. The maximum atomic E-state index is 4.82. The van der Waals surface area contributed by atoms with E-state index >= 15 is 0 Å². The summed E-state index contributed by atoms with van der Waals surface area (Å²) in [7, 11) is 0. The maximum Gasteiger partial charge on any atom is 0.191 e. The number of halogens is 1. The molecule has 0 spiro atoms. The second-order valence-corrected chi connectivity index (χ2v) is 7.38. The third kappa shape index (κ3) is 5.49. The van der Waals surface area contributed by atoms with Crippen molar-refractivity contribution in [1.29, 1.82) is 0 Å². The van der Waals surface area contributed by atoms with Crippen molar-refractivity contribution in [2.24, 2.45) is 4.99 Å². The number of aliphatic imine (C=N–C) groups is 1. The molecule has 2 aromatic rings. The molecule has 7 nitrogen and oxygen atoms in total. The first kappa shape index (κ1) is 21.6. The summed E-state index contributed by atoms with van der Waals surface area (Å²) in [6.07, 6.45) is 6.41. The van der Waals surface area contributed by atoms with Gasteiger partial charge in [-0.05, 0) is 38.0 Å². The Morgan fingerprint density at radius 2 is 2.10 bits per heavy atom. The highest BCUT2D eigenvalue weighted by Gasteiger charge is 2.21. The van der Waals surface area contributed by atoms with E-state index in [1.165, 1.54) is 11.3 Å². The summed E-state index contributed by atoms with van der Waals surface area (Å²) in [5, 5.41) is 11.4. The highest BCUT2D eigenvalue weighted by atomic mass is 127. The number of hydrogen-bond acceptors (Lipinski definition) is 4. The van der Waals surface area contributed by atoms with Crippen molar-refractivity contribution < 1.29 is 0 Å². The van der Waals surface area contributed by atoms with Crippen LogP contribution in [0.1, 0.15) is 30.6 Å². The van der Waals surface area contributed by atoms with Crippen molar-refractivity contribution in [3.05, 3.63) is 53.6 Å². The van der Waals surface area contributed by atoms with Gasteiger partial charge in [0.1, 0.15) is 11.6 Å². The van der Waals surface area contributed by atoms with Crippen molar-refractivity contribution in [2.75, 3.05) is 24.5 Å². The highest BCUT2D eigenvalue weighted by Crippen LogP contribution is 2.19. The molecule has 2 aliphatic heterocycles. The van der Waals surface area contributed by atoms with E-state index in [9.17, 15) is 0 Å². The van der Waals surface area contributed by atoms with Crippen molar-refractivity contribution in [2.45, 2.75) is 45.8 Å². The zero-order chi connectivity index (χ0) is 19.3. The number of fused-ring (bicyclic) bond motifs is 1. The zero-order valence-corrected chi connectivity index (χ0v) is 19.5. The summed E-state index contributed by atoms with van der Waals surface area (Å²) in [6.45, 7) is 8.35. The normalized spacial score (nSPS) is 18.3. The van der Waals surface area contributed by atoms with Crippen LogP contribution in [0.15, 0.2) is 41.4 Å². The van der Waals surface area contributed by atoms with Gasteiger partial charge < -0.3 is 15.5 Å². The first-order chi connectivity index (χ1) is 13.7. The van der Waals surface area contributed by atoms with Gasteiger partial charge in [0.15, 0.2) is 5.96 Å². The fourth-order valence-electron chi connectivity index (χ4n) is 3.78. The Morgan fingerprint density at radius 1 is 1.28 bits per heavy atom. The number of nitrogens with zero attached hydrogens (tertiary/aromatic N) is 5. The van der Waals surface area contributed by atoms with Crippen LogP contribution >= 0.6 is 24.0 Å². The predicted octanol–water partition coefficient (Wildman–Crippen LogP) is 2.65. The van der Waals surface area contributed by atoms with Gasteiger partial charge in [-0.3, -0.25) is 0 Å². The average molecular weight is 507 g/mol. The molecule has 0 saturated heterocycles. The van der Waals surface area contributed by atoms with E-state index in [0.717, 1.165) is 56.6 Å². The van der Waals surface area contributed by atoms with E-state index < -0.39 is 0 Å². The van der Waals surface area contributed by atoms with Crippen LogP contribution in [0, 0.1) is 6.92 Å². The predicted molar refractivity (Wildman–Crippen MR) is 128 cm³/mol. The van der Waals surface area contributed by atoms with Gasteiger partial charge in [-0.15, -0.1) is 24.0 Å². The van der Waals surface area contributed by atoms with E-state index in [0.29, 0.717) is 12.6 Å². The third-order valence-electron chi connectivity index (χ3n) is 5.16. The fraction of sp³-hybridized carbons (Fsp3) is 0.476. The van der Waals surface area contributed by atoms with E-state index in [1.807, 2.05) is 11.6 Å². The number of guanidine groups is 1. The lowest BCUT2D eigenvalue weighted by atomic mass is 10.1. The average Bonchev–Trinajstić information content (AvgIpc) is 3.35. The molecule has 0 fully saturated rings. The summed E-state index contributed by atoms with van der Waals surface area (Å²) in [6, 6.07) is 8.99. The van der Waals surface area contributed by atoms with Gasteiger partial charge >= 0.3 is 0 Å². The van der Waals surface area contributed by atoms with Crippen LogP contribution in [0.4, 0.5) is 5.69 Å². The Hall–Kier alpha value is -2.10. The second kappa shape index (κ2) is 10.1. The second-order valence-electron chi connectivity index (χ2n) is 7.38. The standard InChI is InChI=1S/C21H29N7.HI/c1-3-22-21(25-18-9-10-20-24-16(2)26-28(20)15-18)23-14-17-7-6-8-19(13-17)27-11-4-5-12-27;/h4-8,13,18H,3,9-12,14-15H2,1-2H3,(H2,22,23,25);1H. The summed E-state index contributed by atoms with van der Waals surface area (Å²) < 4.78 is 2.02. The van der Waals surface area contributed by atoms with E-state index in [4.69, 9.17) is 4.99 Å². The molecule has 4 rings (SSSR count). The summed E-state index contributed by atoms with van der Waals surface area (Å²) in [5.41, 5.74) is 2.48. The van der Waals surface area contributed by atoms with Crippen molar-refractivity contribution in [1.82, 2.24) is 25.4 Å². The number of anilines is 1. The van der Waals surface area contributed by atoms with Crippen LogP contribution < -0.4 is 15.5 Å². The largest absolute Gasteiger partial charge is 0.364 e. The molecule has 8 heteroatoms. The number of hydrogen-bond donors (Lipinski definition) is 2. The Labute approximate surface area is 189 Å². The molecule has 2 aliphatic rings. The van der Waals surface area contributed by atoms with Gasteiger partial charge in [0, 0.05) is 37.8 Å². The minimum atomic E-state index is 0. The van der Waals surface area contributed by atoms with Crippen LogP contribution in [-0.2, 0) is 19.5 Å². The molecule has 0 amide bonds. The van der Waals surface area contributed by atoms with Crippen molar-refractivity contribution >= 4 is 35.6 Å². The highest BCUT2D eigenvalue weighted by molar-refractivity contribution is 14.0. The summed E-state index contributed by atoms with van der Waals surface area (Å²) >= 11 is 0. The Bertz CT molecular complexity index is 866. The van der Waals surface area contributed by atoms with Gasteiger partial charge in [0.05, 0.1) is 13.1 Å². The van der Waals surface area contributed by atoms with Crippen LogP contribution in [0.2, 0.25) is 0 Å². The number of nitrogens with one attached hydrogen (secondary N) is 2. The summed E-state index contributed by atoms with van der Waals surface area (Å²) in [4.78, 5) is 11.7. The van der Waals surface area contributed by atoms with Crippen molar-refractivity contribution in [3.8, 4) is 0 Å². The minimum Gasteiger partial charge on any atom is -0.364 e. The van der Waals surface area contributed by atoms with Gasteiger partial charge in [-0.1, -0.05) is 24.3 Å². The molecule has 1 unspecified atom stereocenters. The van der Waals surface area contributed by atoms with Crippen LogP contribution in [0.25, 0.3) is 0 Å². The summed E-state index contributed by atoms with van der Waals surface area (Å²) in [5.74, 6) is 2.80. The first-order valence-electron chi connectivity index (χ1n) is 10.2. The molecule has 1 aromatic heterocycles. The maximum absolute atomic E-state index is 4.82. The van der Waals surface area contributed by atoms with Crippen LogP contribution in [0.3, 0.4) is 0 Å². The molecule has 1 aromatic carbocycles. The zero-order valence-electron chi connectivity index (χ0n) is 17.1. The molecule has 2 N–H and O–H groups in total. The quantitative estimate of drug-likeness (QED) is 0.282. The number of benzene rings is 1. The smallest absolute Gasteiger partial charge is 0.191 e. The van der Waals surface area contributed by atoms with Gasteiger partial charge in [-0.25, -0.2) is 14.7 Å². The third-order valence-corrected chi connectivity index (χ3v) is 5.16. The lowest BCUT2D eigenvalue weighted by molar-refractivity contribution is 0.392. The van der Waals surface area contributed by atoms with Crippen LogP contribution in [0.5, 0.6) is 0 Å². The molecular formula is C21H30IN7. The number of rotatable bonds is 5. The SMILES string of the molecule is CCNC(=NCc1cccc(N2CC=CC2)c1)NC1CCc2nc(C)nn2C1.I. The van der Waals surface area contributed by atoms with Gasteiger partial charge in [0.25, 0.3) is 0 Å². The molecule has 0 saturated carbocycles. The van der Waals surface area contributed by atoms with Crippen LogP contribution in [-0.4, -0.2) is 46.4 Å². The van der Waals surface area contributed by atoms with Gasteiger partial charge in [-0.2, -0.15) is 5.10 Å². The first-order valence-corrected chi connectivity index (χ1v) is 10.2. The van der Waals surface area contributed by atoms with E-state index in [1.54, 1.807) is 0 Å². The molecular weight excluding hydrogens is 477 g/mol. The lowest BCUT2D eigenvalue weighted by Gasteiger charge is -2.25. The molecule has 0 bridgehead atoms. The molecule has 29 heavy (non-hydrogen) atoms. The Balaban J connectivity index is 0.00000240. The topological polar surface area (TPSA) is 70.4 Å². The molecule has 1 atom stereocenters. The Morgan fingerprint density at radius 3 is 2.90 bits per heavy atom. The van der Waals surface area contributed by atoms with E-state index in [2.05, 4.69) is 69.0 Å². The minimum absolute atomic E-state index is 0. The fourth-order valence-corrected chi connectivity index (χ4v) is 3.78. The Kier molecular flexibility index (Phi) is 7.51.